The summed E-state index contributed by atoms with van der Waals surface area (Å²) in [6.45, 7) is 2.14. The van der Waals surface area contributed by atoms with Crippen LogP contribution in [0.15, 0.2) is 53.6 Å². The lowest BCUT2D eigenvalue weighted by Crippen LogP contribution is -2.25. The number of halogens is 1. The van der Waals surface area contributed by atoms with Crippen molar-refractivity contribution < 1.29 is 12.8 Å². The fourth-order valence-corrected chi connectivity index (χ4v) is 4.33. The van der Waals surface area contributed by atoms with E-state index < -0.39 is 15.8 Å². The average Bonchev–Trinajstić information content (AvgIpc) is 2.97. The highest BCUT2D eigenvalue weighted by Crippen LogP contribution is 2.26. The van der Waals surface area contributed by atoms with Gasteiger partial charge in [-0.25, -0.2) is 22.5 Å². The number of hydrogen-bond acceptors (Lipinski definition) is 5. The molecule has 0 aliphatic rings. The number of nitrogens with one attached hydrogen (secondary N) is 1. The molecule has 3 rings (SSSR count). The molecule has 0 aliphatic heterocycles. The molecule has 0 aliphatic carbocycles. The molecule has 0 radical (unpaired) electrons. The van der Waals surface area contributed by atoms with Crippen molar-refractivity contribution in [2.24, 2.45) is 0 Å². The van der Waals surface area contributed by atoms with Gasteiger partial charge in [-0.1, -0.05) is 6.07 Å². The smallest absolute Gasteiger partial charge is 0.240 e. The standard InChI is InChI=1S/C17H16FN3O2S2/c1-12-16(24-17(21-12)15-4-2-3-10-19-15)9-11-20-25(22,23)14-7-5-13(18)6-8-14/h2-8,10,20H,9,11H2,1H3. The van der Waals surface area contributed by atoms with E-state index >= 15 is 0 Å². The van der Waals surface area contributed by atoms with Crippen LogP contribution in [0.5, 0.6) is 0 Å². The lowest BCUT2D eigenvalue weighted by molar-refractivity contribution is 0.581. The normalized spacial score (nSPS) is 11.6. The first-order valence-corrected chi connectivity index (χ1v) is 9.88. The summed E-state index contributed by atoms with van der Waals surface area (Å²) in [5.41, 5.74) is 1.67. The fraction of sp³-hybridized carbons (Fsp3) is 0.176. The topological polar surface area (TPSA) is 72.0 Å². The second kappa shape index (κ2) is 7.38. The number of hydrogen-bond donors (Lipinski definition) is 1. The maximum absolute atomic E-state index is 12.9. The number of pyridine rings is 1. The molecule has 8 heteroatoms. The molecule has 130 valence electrons. The first-order chi connectivity index (χ1) is 12.0. The van der Waals surface area contributed by atoms with Gasteiger partial charge in [-0.15, -0.1) is 11.3 Å². The maximum atomic E-state index is 12.9. The molecule has 0 saturated carbocycles. The molecular formula is C17H16FN3O2S2. The second-order valence-electron chi connectivity index (χ2n) is 5.34. The monoisotopic (exact) mass is 377 g/mol. The fourth-order valence-electron chi connectivity index (χ4n) is 2.25. The highest BCUT2D eigenvalue weighted by molar-refractivity contribution is 7.89. The van der Waals surface area contributed by atoms with Crippen molar-refractivity contribution in [1.82, 2.24) is 14.7 Å². The molecule has 25 heavy (non-hydrogen) atoms. The summed E-state index contributed by atoms with van der Waals surface area (Å²) in [5.74, 6) is -0.471. The molecule has 1 N–H and O–H groups in total. The minimum atomic E-state index is -3.65. The van der Waals surface area contributed by atoms with Crippen molar-refractivity contribution in [3.8, 4) is 10.7 Å². The molecule has 0 amide bonds. The predicted molar refractivity (Wildman–Crippen MR) is 95.4 cm³/mol. The van der Waals surface area contributed by atoms with Crippen LogP contribution in [0.3, 0.4) is 0 Å². The number of aryl methyl sites for hydroxylation is 1. The third-order valence-electron chi connectivity index (χ3n) is 3.54. The summed E-state index contributed by atoms with van der Waals surface area (Å²) in [7, 11) is -3.65. The highest BCUT2D eigenvalue weighted by Gasteiger charge is 2.15. The van der Waals surface area contributed by atoms with Crippen LogP contribution < -0.4 is 4.72 Å². The Morgan fingerprint density at radius 3 is 2.60 bits per heavy atom. The molecule has 2 heterocycles. The Bertz CT molecular complexity index is 955. The Morgan fingerprint density at radius 1 is 1.16 bits per heavy atom. The Labute approximate surface area is 149 Å². The van der Waals surface area contributed by atoms with Crippen LogP contribution in [0.4, 0.5) is 4.39 Å². The van der Waals surface area contributed by atoms with E-state index in [2.05, 4.69) is 14.7 Å². The zero-order chi connectivity index (χ0) is 17.9. The number of sulfonamides is 1. The molecule has 0 bridgehead atoms. The number of nitrogens with zero attached hydrogens (tertiary/aromatic N) is 2. The quantitative estimate of drug-likeness (QED) is 0.716. The zero-order valence-electron chi connectivity index (χ0n) is 13.4. The van der Waals surface area contributed by atoms with Crippen molar-refractivity contribution in [2.75, 3.05) is 6.54 Å². The van der Waals surface area contributed by atoms with Gasteiger partial charge in [0.15, 0.2) is 0 Å². The summed E-state index contributed by atoms with van der Waals surface area (Å²) in [6, 6.07) is 10.4. The number of aromatic nitrogens is 2. The van der Waals surface area contributed by atoms with E-state index in [1.54, 1.807) is 6.20 Å². The Kier molecular flexibility index (Phi) is 5.22. The molecule has 2 aromatic heterocycles. The van der Waals surface area contributed by atoms with E-state index in [-0.39, 0.29) is 11.4 Å². The van der Waals surface area contributed by atoms with Crippen LogP contribution in [-0.4, -0.2) is 24.9 Å². The molecule has 0 fully saturated rings. The SMILES string of the molecule is Cc1nc(-c2ccccn2)sc1CCNS(=O)(=O)c1ccc(F)cc1. The molecule has 5 nitrogen and oxygen atoms in total. The van der Waals surface area contributed by atoms with Gasteiger partial charge < -0.3 is 0 Å². The molecular weight excluding hydrogens is 361 g/mol. The first-order valence-electron chi connectivity index (χ1n) is 7.58. The summed E-state index contributed by atoms with van der Waals surface area (Å²) < 4.78 is 39.8. The second-order valence-corrected chi connectivity index (χ2v) is 8.19. The van der Waals surface area contributed by atoms with Crippen molar-refractivity contribution in [2.45, 2.75) is 18.2 Å². The van der Waals surface area contributed by atoms with Crippen molar-refractivity contribution >= 4 is 21.4 Å². The minimum Gasteiger partial charge on any atom is -0.254 e. The van der Waals surface area contributed by atoms with Crippen molar-refractivity contribution in [3.05, 3.63) is 65.0 Å². The van der Waals surface area contributed by atoms with Gasteiger partial charge >= 0.3 is 0 Å². The molecule has 0 saturated heterocycles. The van der Waals surface area contributed by atoms with Crippen LogP contribution in [0.2, 0.25) is 0 Å². The van der Waals surface area contributed by atoms with E-state index in [0.29, 0.717) is 6.42 Å². The number of benzene rings is 1. The van der Waals surface area contributed by atoms with Crippen LogP contribution in [0.1, 0.15) is 10.6 Å². The summed E-state index contributed by atoms with van der Waals surface area (Å²) >= 11 is 1.50. The molecule has 0 atom stereocenters. The van der Waals surface area contributed by atoms with E-state index in [1.165, 1.54) is 23.5 Å². The lowest BCUT2D eigenvalue weighted by Gasteiger charge is -2.06. The molecule has 1 aromatic carbocycles. The maximum Gasteiger partial charge on any atom is 0.240 e. The number of thiazole rings is 1. The summed E-state index contributed by atoms with van der Waals surface area (Å²) in [6.07, 6.45) is 2.24. The van der Waals surface area contributed by atoms with Crippen molar-refractivity contribution in [3.63, 3.8) is 0 Å². The van der Waals surface area contributed by atoms with Gasteiger partial charge in [0, 0.05) is 17.6 Å². The van der Waals surface area contributed by atoms with Gasteiger partial charge in [0.05, 0.1) is 16.3 Å². The Balaban J connectivity index is 1.66. The number of rotatable bonds is 6. The van der Waals surface area contributed by atoms with Gasteiger partial charge in [0.2, 0.25) is 10.0 Å². The molecule has 0 spiro atoms. The van der Waals surface area contributed by atoms with E-state index in [9.17, 15) is 12.8 Å². The molecule has 3 aromatic rings. The summed E-state index contributed by atoms with van der Waals surface area (Å²) in [4.78, 5) is 9.82. The Hall–Kier alpha value is -2.16. The zero-order valence-corrected chi connectivity index (χ0v) is 15.1. The van der Waals surface area contributed by atoms with Crippen LogP contribution in [0.25, 0.3) is 10.7 Å². The van der Waals surface area contributed by atoms with Gasteiger partial charge in [-0.05, 0) is 49.7 Å². The highest BCUT2D eigenvalue weighted by atomic mass is 32.2. The predicted octanol–water partition coefficient (Wildman–Crippen LogP) is 3.17. The lowest BCUT2D eigenvalue weighted by atomic mass is 10.3. The summed E-state index contributed by atoms with van der Waals surface area (Å²) in [5, 5.41) is 0.814. The average molecular weight is 377 g/mol. The van der Waals surface area contributed by atoms with Gasteiger partial charge in [0.25, 0.3) is 0 Å². The van der Waals surface area contributed by atoms with E-state index in [4.69, 9.17) is 0 Å². The Morgan fingerprint density at radius 2 is 1.92 bits per heavy atom. The van der Waals surface area contributed by atoms with E-state index in [1.807, 2.05) is 25.1 Å². The largest absolute Gasteiger partial charge is 0.254 e. The molecule has 0 unspecified atom stereocenters. The minimum absolute atomic E-state index is 0.0455. The van der Waals surface area contributed by atoms with Crippen LogP contribution in [-0.2, 0) is 16.4 Å². The van der Waals surface area contributed by atoms with Gasteiger partial charge in [-0.3, -0.25) is 4.98 Å². The van der Waals surface area contributed by atoms with E-state index in [0.717, 1.165) is 33.4 Å². The van der Waals surface area contributed by atoms with Gasteiger partial charge in [-0.2, -0.15) is 0 Å². The van der Waals surface area contributed by atoms with Crippen molar-refractivity contribution in [1.29, 1.82) is 0 Å². The van der Waals surface area contributed by atoms with Crippen LogP contribution >= 0.6 is 11.3 Å². The van der Waals surface area contributed by atoms with Gasteiger partial charge in [0.1, 0.15) is 10.8 Å². The van der Waals surface area contributed by atoms with Crippen LogP contribution in [0, 0.1) is 12.7 Å². The first kappa shape index (κ1) is 17.7. The third kappa shape index (κ3) is 4.28. The third-order valence-corrected chi connectivity index (χ3v) is 6.26.